The average Bonchev–Trinajstić information content (AvgIpc) is 3.04. The van der Waals surface area contributed by atoms with Crippen LogP contribution in [0, 0.1) is 0 Å². The Morgan fingerprint density at radius 1 is 1.02 bits per heavy atom. The highest BCUT2D eigenvalue weighted by atomic mass is 32.2. The summed E-state index contributed by atoms with van der Waals surface area (Å²) in [4.78, 5) is 27.3. The van der Waals surface area contributed by atoms with E-state index in [9.17, 15) is 0 Å². The number of aromatic nitrogens is 4. The number of benzene rings is 2. The molecule has 10 nitrogen and oxygen atoms in total. The van der Waals surface area contributed by atoms with Crippen LogP contribution in [0.5, 0.6) is 5.75 Å². The molecular weight excluding hydrogens is 613 g/mol. The first-order chi connectivity index (χ1) is 22.3. The van der Waals surface area contributed by atoms with E-state index in [1.807, 2.05) is 18.5 Å². The number of anilines is 5. The van der Waals surface area contributed by atoms with E-state index in [0.29, 0.717) is 18.0 Å². The minimum atomic E-state index is -0.459. The molecule has 12 heteroatoms. The fourth-order valence-corrected chi connectivity index (χ4v) is 8.19. The molecule has 0 radical (unpaired) electrons. The van der Waals surface area contributed by atoms with E-state index in [0.717, 1.165) is 58.4 Å². The van der Waals surface area contributed by atoms with Crippen molar-refractivity contribution < 1.29 is 4.74 Å². The van der Waals surface area contributed by atoms with Crippen molar-refractivity contribution in [3.8, 4) is 5.75 Å². The lowest BCUT2D eigenvalue weighted by Gasteiger charge is -2.49. The Morgan fingerprint density at radius 2 is 1.78 bits per heavy atom. The molecule has 0 aliphatic carbocycles. The lowest BCUT2D eigenvalue weighted by atomic mass is 9.96. The van der Waals surface area contributed by atoms with Crippen molar-refractivity contribution in [1.82, 2.24) is 29.7 Å². The Hall–Kier alpha value is -3.24. The van der Waals surface area contributed by atoms with Gasteiger partial charge in [0.2, 0.25) is 5.95 Å². The van der Waals surface area contributed by atoms with Gasteiger partial charge in [-0.25, -0.2) is 4.98 Å². The molecule has 2 aromatic heterocycles. The number of likely N-dealkylation sites (N-methyl/N-ethyl adjacent to an activating group) is 1. The van der Waals surface area contributed by atoms with Crippen LogP contribution in [0.1, 0.15) is 25.3 Å². The molecule has 6 rings (SSSR count). The van der Waals surface area contributed by atoms with Gasteiger partial charge in [-0.2, -0.15) is 4.98 Å². The number of hydrogen-bond acceptors (Lipinski definition) is 11. The molecule has 2 aliphatic rings. The van der Waals surface area contributed by atoms with Crippen molar-refractivity contribution in [2.24, 2.45) is 0 Å². The molecule has 2 saturated heterocycles. The van der Waals surface area contributed by atoms with Gasteiger partial charge in [0.05, 0.1) is 28.7 Å². The van der Waals surface area contributed by atoms with Gasteiger partial charge in [-0.05, 0) is 76.7 Å². The zero-order valence-electron chi connectivity index (χ0n) is 28.0. The molecule has 0 unspecified atom stereocenters. The second-order valence-electron chi connectivity index (χ2n) is 12.5. The fraction of sp³-hybridized carbons (Fsp3) is 0.471. The van der Waals surface area contributed by atoms with Crippen LogP contribution in [-0.4, -0.2) is 109 Å². The first-order valence-electron chi connectivity index (χ1n) is 16.0. The number of hydrogen-bond donors (Lipinski definition) is 2. The molecule has 2 fully saturated rings. The molecule has 0 bridgehead atoms. The number of nitrogens with one attached hydrogen (secondary N) is 2. The molecule has 2 aliphatic heterocycles. The summed E-state index contributed by atoms with van der Waals surface area (Å²) in [5.41, 5.74) is 6.25. The normalized spacial score (nSPS) is 16.3. The molecule has 0 spiro atoms. The third-order valence-corrected chi connectivity index (χ3v) is 11.3. The second-order valence-corrected chi connectivity index (χ2v) is 15.5. The van der Waals surface area contributed by atoms with Gasteiger partial charge in [-0.15, -0.1) is 11.8 Å². The third-order valence-electron chi connectivity index (χ3n) is 9.26. The minimum absolute atomic E-state index is 0.459. The average molecular weight is 660 g/mol. The van der Waals surface area contributed by atoms with Crippen molar-refractivity contribution in [3.05, 3.63) is 48.4 Å². The maximum Gasteiger partial charge on any atom is 0.229 e. The maximum atomic E-state index is 5.93. The van der Waals surface area contributed by atoms with E-state index in [2.05, 4.69) is 92.8 Å². The SMILES string of the molecule is CCc1cc(Nc2ncc(SC)c(Nc3ccc4nccnc4c3P(C)C)n2)c(OC)cc1N1CCC(N2CC(N(C)C)C2)CC1. The molecule has 4 heterocycles. The topological polar surface area (TPSA) is 94.6 Å². The molecule has 2 N–H and O–H groups in total. The van der Waals surface area contributed by atoms with E-state index < -0.39 is 7.92 Å². The Morgan fingerprint density at radius 3 is 2.46 bits per heavy atom. The number of ether oxygens (including phenoxy) is 1. The summed E-state index contributed by atoms with van der Waals surface area (Å²) in [5, 5.41) is 8.27. The first-order valence-corrected chi connectivity index (χ1v) is 19.5. The van der Waals surface area contributed by atoms with Crippen LogP contribution in [0.3, 0.4) is 0 Å². The number of likely N-dealkylation sites (tertiary alicyclic amines) is 1. The molecule has 46 heavy (non-hydrogen) atoms. The van der Waals surface area contributed by atoms with Crippen LogP contribution < -0.4 is 25.6 Å². The summed E-state index contributed by atoms with van der Waals surface area (Å²) in [6.45, 7) is 11.2. The lowest BCUT2D eigenvalue weighted by Crippen LogP contribution is -2.62. The highest BCUT2D eigenvalue weighted by Gasteiger charge is 2.35. The van der Waals surface area contributed by atoms with Crippen LogP contribution in [0.4, 0.5) is 28.8 Å². The summed E-state index contributed by atoms with van der Waals surface area (Å²) in [6, 6.07) is 9.88. The molecule has 0 saturated carbocycles. The number of nitrogens with zero attached hydrogens (tertiary/aromatic N) is 7. The van der Waals surface area contributed by atoms with Gasteiger partial charge in [0, 0.05) is 79.6 Å². The number of fused-ring (bicyclic) bond motifs is 1. The van der Waals surface area contributed by atoms with Crippen molar-refractivity contribution in [2.75, 3.05) is 82.5 Å². The summed E-state index contributed by atoms with van der Waals surface area (Å²) < 4.78 is 5.93. The molecule has 4 aromatic rings. The summed E-state index contributed by atoms with van der Waals surface area (Å²) in [7, 11) is 5.65. The second kappa shape index (κ2) is 14.3. The number of methoxy groups -OCH3 is 1. The van der Waals surface area contributed by atoms with Crippen molar-refractivity contribution in [3.63, 3.8) is 0 Å². The lowest BCUT2D eigenvalue weighted by molar-refractivity contribution is 0.0188. The van der Waals surface area contributed by atoms with Crippen molar-refractivity contribution in [2.45, 2.75) is 43.2 Å². The molecule has 2 aromatic carbocycles. The Balaban J connectivity index is 1.22. The monoisotopic (exact) mass is 659 g/mol. The molecule has 0 atom stereocenters. The van der Waals surface area contributed by atoms with Gasteiger partial charge in [-0.1, -0.05) is 14.8 Å². The molecule has 0 amide bonds. The van der Waals surface area contributed by atoms with Gasteiger partial charge < -0.3 is 25.2 Å². The number of piperidine rings is 1. The smallest absolute Gasteiger partial charge is 0.229 e. The molecular formula is C34H46N9OPS. The van der Waals surface area contributed by atoms with Crippen LogP contribution >= 0.6 is 19.7 Å². The third kappa shape index (κ3) is 6.74. The van der Waals surface area contributed by atoms with Crippen molar-refractivity contribution >= 4 is 64.8 Å². The predicted octanol–water partition coefficient (Wildman–Crippen LogP) is 5.78. The standard InChI is InChI=1S/C34H46N9OPS/c1-8-22-17-27(29(44-4)18-28(22)42-15-11-23(12-16-42)43-20-24(21-43)41(2)3)39-34-37-19-30(46-7)33(40-34)38-26-10-9-25-31(32(26)45(5)6)36-14-13-35-25/h9-10,13-14,17-19,23-24H,8,11-12,15-16,20-21H2,1-7H3,(H2,37,38,39,40). The zero-order valence-corrected chi connectivity index (χ0v) is 29.8. The van der Waals surface area contributed by atoms with Gasteiger partial charge in [0.1, 0.15) is 11.6 Å². The van der Waals surface area contributed by atoms with Gasteiger partial charge in [-0.3, -0.25) is 14.9 Å². The number of rotatable bonds is 11. The van der Waals surface area contributed by atoms with Crippen LogP contribution in [0.2, 0.25) is 0 Å². The van der Waals surface area contributed by atoms with Gasteiger partial charge in [0.25, 0.3) is 0 Å². The van der Waals surface area contributed by atoms with Crippen LogP contribution in [-0.2, 0) is 6.42 Å². The van der Waals surface area contributed by atoms with Crippen molar-refractivity contribution in [1.29, 1.82) is 0 Å². The summed E-state index contributed by atoms with van der Waals surface area (Å²) >= 11 is 1.61. The zero-order chi connectivity index (χ0) is 32.4. The van der Waals surface area contributed by atoms with E-state index >= 15 is 0 Å². The Kier molecular flexibility index (Phi) is 10.1. The largest absolute Gasteiger partial charge is 0.494 e. The quantitative estimate of drug-likeness (QED) is 0.152. The predicted molar refractivity (Wildman–Crippen MR) is 195 cm³/mol. The van der Waals surface area contributed by atoms with E-state index in [4.69, 9.17) is 9.72 Å². The van der Waals surface area contributed by atoms with Gasteiger partial charge in [0.15, 0.2) is 0 Å². The van der Waals surface area contributed by atoms with E-state index in [1.165, 1.54) is 42.5 Å². The van der Waals surface area contributed by atoms with E-state index in [1.54, 1.807) is 31.3 Å². The molecule has 244 valence electrons. The summed E-state index contributed by atoms with van der Waals surface area (Å²) in [6.07, 6.45) is 10.7. The Labute approximate surface area is 278 Å². The number of thioether (sulfide) groups is 1. The number of aryl methyl sites for hydroxylation is 1. The highest BCUT2D eigenvalue weighted by molar-refractivity contribution is 7.98. The highest BCUT2D eigenvalue weighted by Crippen LogP contribution is 2.38. The Bertz CT molecular complexity index is 1670. The van der Waals surface area contributed by atoms with E-state index in [-0.39, 0.29) is 0 Å². The minimum Gasteiger partial charge on any atom is -0.494 e. The first kappa shape index (κ1) is 32.7. The van der Waals surface area contributed by atoms with Gasteiger partial charge >= 0.3 is 0 Å². The maximum absolute atomic E-state index is 5.93. The van der Waals surface area contributed by atoms with Crippen LogP contribution in [0.25, 0.3) is 11.0 Å². The fourth-order valence-electron chi connectivity index (χ4n) is 6.54. The summed E-state index contributed by atoms with van der Waals surface area (Å²) in [5.74, 6) is 2.05. The van der Waals surface area contributed by atoms with Crippen LogP contribution in [0.15, 0.2) is 47.8 Å².